The Balaban J connectivity index is 1.99. The van der Waals surface area contributed by atoms with Gasteiger partial charge in [-0.15, -0.1) is 0 Å². The topological polar surface area (TPSA) is 89.8 Å². The van der Waals surface area contributed by atoms with Crippen LogP contribution in [0.3, 0.4) is 0 Å². The summed E-state index contributed by atoms with van der Waals surface area (Å²) < 4.78 is 0. The fourth-order valence-corrected chi connectivity index (χ4v) is 3.86. The maximum atomic E-state index is 12.6. The van der Waals surface area contributed by atoms with E-state index in [-0.39, 0.29) is 29.2 Å². The number of nitrogens with one attached hydrogen (secondary N) is 1. The van der Waals surface area contributed by atoms with E-state index in [4.69, 9.17) is 0 Å². The van der Waals surface area contributed by atoms with Gasteiger partial charge in [0.05, 0.1) is 0 Å². The molecule has 134 valence electrons. The van der Waals surface area contributed by atoms with E-state index >= 15 is 0 Å². The molecular weight excluding hydrogens is 306 g/mol. The second-order valence-electron chi connectivity index (χ2n) is 7.48. The molecule has 0 heterocycles. The third-order valence-corrected chi connectivity index (χ3v) is 5.19. The Morgan fingerprint density at radius 3 is 2.67 bits per heavy atom. The van der Waals surface area contributed by atoms with Crippen LogP contribution in [0.5, 0.6) is 11.5 Å². The Kier molecular flexibility index (Phi) is 5.75. The van der Waals surface area contributed by atoms with Gasteiger partial charge in [-0.3, -0.25) is 4.79 Å². The maximum Gasteiger partial charge on any atom is 0.252 e. The molecule has 4 N–H and O–H groups in total. The average molecular weight is 335 g/mol. The molecule has 0 bridgehead atoms. The highest BCUT2D eigenvalue weighted by Gasteiger charge is 2.48. The first-order valence-corrected chi connectivity index (χ1v) is 8.75. The van der Waals surface area contributed by atoms with Gasteiger partial charge < -0.3 is 20.6 Å². The van der Waals surface area contributed by atoms with E-state index in [1.807, 2.05) is 13.8 Å². The number of hydrogen-bond donors (Lipinski definition) is 4. The lowest BCUT2D eigenvalue weighted by Gasteiger charge is -2.43. The fourth-order valence-electron chi connectivity index (χ4n) is 3.86. The van der Waals surface area contributed by atoms with Gasteiger partial charge in [0, 0.05) is 12.6 Å². The zero-order chi connectivity index (χ0) is 17.9. The molecule has 5 heteroatoms. The van der Waals surface area contributed by atoms with Gasteiger partial charge in [-0.25, -0.2) is 0 Å². The van der Waals surface area contributed by atoms with Crippen molar-refractivity contribution in [1.29, 1.82) is 0 Å². The Morgan fingerprint density at radius 1 is 1.33 bits per heavy atom. The van der Waals surface area contributed by atoms with Crippen molar-refractivity contribution in [1.82, 2.24) is 5.32 Å². The number of phenolic OH excluding ortho intramolecular Hbond substituents is 2. The minimum absolute atomic E-state index is 0.00515. The number of carbonyl (C=O) groups excluding carboxylic acids is 1. The van der Waals surface area contributed by atoms with Crippen LogP contribution >= 0.6 is 0 Å². The van der Waals surface area contributed by atoms with Crippen LogP contribution in [-0.2, 0) is 11.2 Å². The van der Waals surface area contributed by atoms with Crippen molar-refractivity contribution in [2.24, 2.45) is 17.8 Å². The Hall–Kier alpha value is -1.75. The summed E-state index contributed by atoms with van der Waals surface area (Å²) in [6, 6.07) is 4.41. The van der Waals surface area contributed by atoms with Crippen molar-refractivity contribution in [3.05, 3.63) is 23.8 Å². The zero-order valence-electron chi connectivity index (χ0n) is 14.7. The number of hydrogen-bond acceptors (Lipinski definition) is 4. The normalized spacial score (nSPS) is 27.2. The number of amides is 1. The van der Waals surface area contributed by atoms with Crippen molar-refractivity contribution < 1.29 is 20.1 Å². The first-order chi connectivity index (χ1) is 11.2. The van der Waals surface area contributed by atoms with Crippen LogP contribution in [0.15, 0.2) is 18.2 Å². The summed E-state index contributed by atoms with van der Waals surface area (Å²) in [7, 11) is 0. The van der Waals surface area contributed by atoms with Gasteiger partial charge in [-0.2, -0.15) is 0 Å². The SMILES string of the molecule is CC1CCC(C(C)C)C(O)(C(=O)NCCc2ccc(O)cc2O)C1. The van der Waals surface area contributed by atoms with Crippen LogP contribution in [0.2, 0.25) is 0 Å². The van der Waals surface area contributed by atoms with Gasteiger partial charge in [0.2, 0.25) is 0 Å². The van der Waals surface area contributed by atoms with Crippen LogP contribution in [0.4, 0.5) is 0 Å². The molecule has 1 aromatic rings. The first-order valence-electron chi connectivity index (χ1n) is 8.75. The molecular formula is C19H29NO4. The molecule has 24 heavy (non-hydrogen) atoms. The molecule has 1 amide bonds. The van der Waals surface area contributed by atoms with Crippen LogP contribution < -0.4 is 5.32 Å². The zero-order valence-corrected chi connectivity index (χ0v) is 14.7. The van der Waals surface area contributed by atoms with Gasteiger partial charge >= 0.3 is 0 Å². The molecule has 1 aliphatic carbocycles. The van der Waals surface area contributed by atoms with E-state index in [1.54, 1.807) is 6.07 Å². The number of phenols is 2. The fraction of sp³-hybridized carbons (Fsp3) is 0.632. The van der Waals surface area contributed by atoms with Gasteiger partial charge in [-0.1, -0.05) is 33.3 Å². The highest BCUT2D eigenvalue weighted by Crippen LogP contribution is 2.41. The van der Waals surface area contributed by atoms with E-state index in [9.17, 15) is 20.1 Å². The first kappa shape index (κ1) is 18.6. The minimum Gasteiger partial charge on any atom is -0.508 e. The molecule has 0 radical (unpaired) electrons. The minimum atomic E-state index is -1.32. The molecule has 2 rings (SSSR count). The summed E-state index contributed by atoms with van der Waals surface area (Å²) in [6.45, 7) is 6.50. The Morgan fingerprint density at radius 2 is 2.04 bits per heavy atom. The van der Waals surface area contributed by atoms with Gasteiger partial charge in [0.25, 0.3) is 5.91 Å². The Labute approximate surface area is 143 Å². The summed E-state index contributed by atoms with van der Waals surface area (Å²) in [5.74, 6) is 0.243. The van der Waals surface area contributed by atoms with Crippen molar-refractivity contribution in [3.63, 3.8) is 0 Å². The molecule has 1 saturated carbocycles. The number of carbonyl (C=O) groups is 1. The third-order valence-electron chi connectivity index (χ3n) is 5.19. The quantitative estimate of drug-likeness (QED) is 0.666. The predicted molar refractivity (Wildman–Crippen MR) is 92.8 cm³/mol. The van der Waals surface area contributed by atoms with E-state index in [0.717, 1.165) is 12.8 Å². The standard InChI is InChI=1S/C19H29NO4/c1-12(2)16-7-4-13(3)11-19(16,24)18(23)20-9-8-14-5-6-15(21)10-17(14)22/h5-6,10,12-13,16,21-22,24H,4,7-9,11H2,1-3H3,(H,20,23). The highest BCUT2D eigenvalue weighted by atomic mass is 16.3. The van der Waals surface area contributed by atoms with E-state index in [0.29, 0.717) is 30.9 Å². The molecule has 5 nitrogen and oxygen atoms in total. The maximum absolute atomic E-state index is 12.6. The molecule has 0 spiro atoms. The smallest absolute Gasteiger partial charge is 0.252 e. The van der Waals surface area contributed by atoms with E-state index in [1.165, 1.54) is 12.1 Å². The van der Waals surface area contributed by atoms with Crippen LogP contribution in [0.25, 0.3) is 0 Å². The molecule has 1 aliphatic rings. The third kappa shape index (κ3) is 4.01. The number of aliphatic hydroxyl groups is 1. The summed E-state index contributed by atoms with van der Waals surface area (Å²) >= 11 is 0. The molecule has 0 aliphatic heterocycles. The average Bonchev–Trinajstić information content (AvgIpc) is 2.48. The van der Waals surface area contributed by atoms with Crippen LogP contribution in [-0.4, -0.2) is 33.4 Å². The molecule has 1 fully saturated rings. The molecule has 0 saturated heterocycles. The number of rotatable bonds is 5. The number of aromatic hydroxyl groups is 2. The summed E-state index contributed by atoms with van der Waals surface area (Å²) in [5.41, 5.74) is -0.666. The number of benzene rings is 1. The lowest BCUT2D eigenvalue weighted by molar-refractivity contribution is -0.155. The van der Waals surface area contributed by atoms with Crippen LogP contribution in [0, 0.1) is 17.8 Å². The van der Waals surface area contributed by atoms with Crippen LogP contribution in [0.1, 0.15) is 45.6 Å². The summed E-state index contributed by atoms with van der Waals surface area (Å²) in [6.07, 6.45) is 2.84. The predicted octanol–water partition coefficient (Wildman–Crippen LogP) is 2.58. The van der Waals surface area contributed by atoms with E-state index < -0.39 is 5.60 Å². The summed E-state index contributed by atoms with van der Waals surface area (Å²) in [5, 5.41) is 32.9. The lowest BCUT2D eigenvalue weighted by Crippen LogP contribution is -2.56. The molecule has 1 aromatic carbocycles. The highest BCUT2D eigenvalue weighted by molar-refractivity contribution is 5.85. The lowest BCUT2D eigenvalue weighted by atomic mass is 9.66. The summed E-state index contributed by atoms with van der Waals surface area (Å²) in [4.78, 5) is 12.6. The van der Waals surface area contributed by atoms with Gasteiger partial charge in [0.1, 0.15) is 17.1 Å². The van der Waals surface area contributed by atoms with E-state index in [2.05, 4.69) is 12.2 Å². The van der Waals surface area contributed by atoms with Gasteiger partial charge in [0.15, 0.2) is 0 Å². The second kappa shape index (κ2) is 7.43. The molecule has 3 unspecified atom stereocenters. The monoisotopic (exact) mass is 335 g/mol. The van der Waals surface area contributed by atoms with Crippen molar-refractivity contribution in [3.8, 4) is 11.5 Å². The van der Waals surface area contributed by atoms with Gasteiger partial charge in [-0.05, 0) is 48.6 Å². The van der Waals surface area contributed by atoms with Crippen molar-refractivity contribution in [2.45, 2.75) is 52.1 Å². The largest absolute Gasteiger partial charge is 0.508 e. The Bertz CT molecular complexity index is 587. The van der Waals surface area contributed by atoms with Crippen molar-refractivity contribution >= 4 is 5.91 Å². The second-order valence-corrected chi connectivity index (χ2v) is 7.48. The molecule has 0 aromatic heterocycles. The molecule has 3 atom stereocenters. The van der Waals surface area contributed by atoms with Crippen molar-refractivity contribution in [2.75, 3.05) is 6.54 Å².